The van der Waals surface area contributed by atoms with Crippen molar-refractivity contribution in [3.63, 3.8) is 0 Å². The van der Waals surface area contributed by atoms with E-state index in [4.69, 9.17) is 5.73 Å². The Morgan fingerprint density at radius 2 is 2.17 bits per heavy atom. The van der Waals surface area contributed by atoms with Gasteiger partial charge < -0.3 is 10.8 Å². The lowest BCUT2D eigenvalue weighted by Gasteiger charge is -2.35. The minimum Gasteiger partial charge on any atom is -0.395 e. The van der Waals surface area contributed by atoms with Gasteiger partial charge in [0.15, 0.2) is 0 Å². The van der Waals surface area contributed by atoms with Crippen LogP contribution < -0.4 is 5.73 Å². The highest BCUT2D eigenvalue weighted by Crippen LogP contribution is 2.33. The van der Waals surface area contributed by atoms with Gasteiger partial charge in [-0.1, -0.05) is 12.8 Å². The van der Waals surface area contributed by atoms with Gasteiger partial charge in [-0.25, -0.2) is 0 Å². The maximum atomic E-state index is 9.31. The first-order valence-electron chi connectivity index (χ1n) is 6.89. The number of thiophene rings is 1. The van der Waals surface area contributed by atoms with Crippen molar-refractivity contribution in [2.75, 3.05) is 19.7 Å². The van der Waals surface area contributed by atoms with E-state index in [0.29, 0.717) is 12.6 Å². The zero-order valence-electron chi connectivity index (χ0n) is 11.1. The fourth-order valence-electron chi connectivity index (χ4n) is 2.99. The lowest BCUT2D eigenvalue weighted by Crippen LogP contribution is -2.41. The lowest BCUT2D eigenvalue weighted by atomic mass is 10.1. The van der Waals surface area contributed by atoms with Crippen LogP contribution in [0.15, 0.2) is 12.1 Å². The Bertz CT molecular complexity index is 360. The van der Waals surface area contributed by atoms with Crippen LogP contribution in [0.3, 0.4) is 0 Å². The third-order valence-corrected chi connectivity index (χ3v) is 4.97. The second kappa shape index (κ2) is 6.66. The van der Waals surface area contributed by atoms with E-state index in [0.717, 1.165) is 6.54 Å². The summed E-state index contributed by atoms with van der Waals surface area (Å²) in [6, 6.07) is 5.23. The van der Waals surface area contributed by atoms with Crippen LogP contribution >= 0.6 is 11.3 Å². The topological polar surface area (TPSA) is 49.5 Å². The maximum Gasteiger partial charge on any atom is 0.0567 e. The van der Waals surface area contributed by atoms with Crippen LogP contribution in [0, 0.1) is 6.92 Å². The number of nitrogens with zero attached hydrogens (tertiary/aromatic N) is 1. The van der Waals surface area contributed by atoms with Crippen molar-refractivity contribution in [1.82, 2.24) is 4.90 Å². The van der Waals surface area contributed by atoms with Crippen molar-refractivity contribution in [3.05, 3.63) is 21.9 Å². The van der Waals surface area contributed by atoms with E-state index in [2.05, 4.69) is 24.0 Å². The summed E-state index contributed by atoms with van der Waals surface area (Å²) in [6.45, 7) is 3.73. The van der Waals surface area contributed by atoms with Gasteiger partial charge in [-0.15, -0.1) is 11.3 Å². The van der Waals surface area contributed by atoms with E-state index in [9.17, 15) is 5.11 Å². The van der Waals surface area contributed by atoms with Gasteiger partial charge in [0.25, 0.3) is 0 Å². The molecule has 3 nitrogen and oxygen atoms in total. The maximum absolute atomic E-state index is 9.31. The summed E-state index contributed by atoms with van der Waals surface area (Å²) in [4.78, 5) is 5.10. The second-order valence-corrected chi connectivity index (χ2v) is 6.42. The summed E-state index contributed by atoms with van der Waals surface area (Å²) in [5, 5.41) is 9.31. The van der Waals surface area contributed by atoms with Crippen LogP contribution in [0.1, 0.15) is 41.5 Å². The predicted molar refractivity (Wildman–Crippen MR) is 76.9 cm³/mol. The SMILES string of the molecule is Cc1ccc(C(CN)N(CCO)C2CCCC2)s1. The molecule has 0 bridgehead atoms. The molecule has 0 radical (unpaired) electrons. The highest BCUT2D eigenvalue weighted by atomic mass is 32.1. The molecule has 1 heterocycles. The Labute approximate surface area is 114 Å². The fraction of sp³-hybridized carbons (Fsp3) is 0.714. The molecule has 18 heavy (non-hydrogen) atoms. The smallest absolute Gasteiger partial charge is 0.0567 e. The third-order valence-electron chi connectivity index (χ3n) is 3.87. The molecular weight excluding hydrogens is 244 g/mol. The average Bonchev–Trinajstić information content (AvgIpc) is 3.00. The Kier molecular flexibility index (Phi) is 5.18. The molecule has 3 N–H and O–H groups in total. The van der Waals surface area contributed by atoms with E-state index < -0.39 is 0 Å². The number of aliphatic hydroxyl groups is 1. The zero-order valence-corrected chi connectivity index (χ0v) is 12.0. The van der Waals surface area contributed by atoms with E-state index in [1.165, 1.54) is 35.4 Å². The second-order valence-electron chi connectivity index (χ2n) is 5.10. The summed E-state index contributed by atoms with van der Waals surface area (Å²) < 4.78 is 0. The largest absolute Gasteiger partial charge is 0.395 e. The third kappa shape index (κ3) is 3.12. The minimum absolute atomic E-state index is 0.220. The van der Waals surface area contributed by atoms with Crippen LogP contribution in [0.5, 0.6) is 0 Å². The first kappa shape index (κ1) is 14.0. The van der Waals surface area contributed by atoms with Gasteiger partial charge in [-0.05, 0) is 31.9 Å². The molecule has 102 valence electrons. The molecule has 1 aliphatic rings. The molecule has 1 saturated carbocycles. The van der Waals surface area contributed by atoms with Crippen LogP contribution in [-0.4, -0.2) is 35.7 Å². The molecular formula is C14H24N2OS. The summed E-state index contributed by atoms with van der Waals surface area (Å²) >= 11 is 1.83. The monoisotopic (exact) mass is 268 g/mol. The van der Waals surface area contributed by atoms with Crippen molar-refractivity contribution in [3.8, 4) is 0 Å². The molecule has 1 aromatic heterocycles. The number of hydrogen-bond acceptors (Lipinski definition) is 4. The van der Waals surface area contributed by atoms with Crippen molar-refractivity contribution in [1.29, 1.82) is 0 Å². The first-order valence-corrected chi connectivity index (χ1v) is 7.71. The molecule has 1 atom stereocenters. The van der Waals surface area contributed by atoms with Crippen LogP contribution in [0.4, 0.5) is 0 Å². The number of aliphatic hydroxyl groups excluding tert-OH is 1. The zero-order chi connectivity index (χ0) is 13.0. The van der Waals surface area contributed by atoms with Crippen molar-refractivity contribution >= 4 is 11.3 Å². The van der Waals surface area contributed by atoms with Gasteiger partial charge in [-0.2, -0.15) is 0 Å². The molecule has 2 rings (SSSR count). The highest BCUT2D eigenvalue weighted by Gasteiger charge is 2.29. The van der Waals surface area contributed by atoms with E-state index in [-0.39, 0.29) is 12.6 Å². The number of aryl methyl sites for hydroxylation is 1. The number of nitrogens with two attached hydrogens (primary N) is 1. The van der Waals surface area contributed by atoms with Crippen molar-refractivity contribution in [2.45, 2.75) is 44.7 Å². The van der Waals surface area contributed by atoms with Gasteiger partial charge in [0.1, 0.15) is 0 Å². The molecule has 0 saturated heterocycles. The highest BCUT2D eigenvalue weighted by molar-refractivity contribution is 7.12. The van der Waals surface area contributed by atoms with Gasteiger partial charge in [0.2, 0.25) is 0 Å². The Morgan fingerprint density at radius 1 is 1.44 bits per heavy atom. The Hall–Kier alpha value is -0.420. The van der Waals surface area contributed by atoms with Crippen LogP contribution in [0.25, 0.3) is 0 Å². The molecule has 0 aliphatic heterocycles. The number of hydrogen-bond donors (Lipinski definition) is 2. The standard InChI is InChI=1S/C14H24N2OS/c1-11-6-7-14(18-11)13(10-15)16(8-9-17)12-4-2-3-5-12/h6-7,12-13,17H,2-5,8-10,15H2,1H3. The van der Waals surface area contributed by atoms with Crippen molar-refractivity contribution in [2.24, 2.45) is 5.73 Å². The predicted octanol–water partition coefficient (Wildman–Crippen LogP) is 2.29. The molecule has 0 spiro atoms. The quantitative estimate of drug-likeness (QED) is 0.832. The normalized spacial score (nSPS) is 18.7. The Balaban J connectivity index is 2.15. The molecule has 1 aliphatic carbocycles. The van der Waals surface area contributed by atoms with Gasteiger partial charge >= 0.3 is 0 Å². The fourth-order valence-corrected chi connectivity index (χ4v) is 4.00. The summed E-state index contributed by atoms with van der Waals surface area (Å²) in [6.07, 6.45) is 5.13. The van der Waals surface area contributed by atoms with Gasteiger partial charge in [0.05, 0.1) is 12.6 Å². The Morgan fingerprint density at radius 3 is 2.67 bits per heavy atom. The molecule has 0 aromatic carbocycles. The van der Waals surface area contributed by atoms with E-state index >= 15 is 0 Å². The average molecular weight is 268 g/mol. The number of rotatable bonds is 6. The molecule has 4 heteroatoms. The van der Waals surface area contributed by atoms with Crippen LogP contribution in [0.2, 0.25) is 0 Å². The molecule has 1 unspecified atom stereocenters. The molecule has 1 aromatic rings. The van der Waals surface area contributed by atoms with E-state index in [1.54, 1.807) is 0 Å². The van der Waals surface area contributed by atoms with Crippen molar-refractivity contribution < 1.29 is 5.11 Å². The van der Waals surface area contributed by atoms with Crippen LogP contribution in [-0.2, 0) is 0 Å². The summed E-state index contributed by atoms with van der Waals surface area (Å²) in [5.41, 5.74) is 6.00. The van der Waals surface area contributed by atoms with E-state index in [1.807, 2.05) is 11.3 Å². The lowest BCUT2D eigenvalue weighted by molar-refractivity contribution is 0.109. The summed E-state index contributed by atoms with van der Waals surface area (Å²) in [5.74, 6) is 0. The van der Waals surface area contributed by atoms with Gasteiger partial charge in [0, 0.05) is 28.9 Å². The summed E-state index contributed by atoms with van der Waals surface area (Å²) in [7, 11) is 0. The molecule has 1 fully saturated rings. The van der Waals surface area contributed by atoms with Gasteiger partial charge in [-0.3, -0.25) is 4.90 Å². The minimum atomic E-state index is 0.220. The first-order chi connectivity index (χ1) is 8.76. The molecule has 0 amide bonds.